The van der Waals surface area contributed by atoms with Gasteiger partial charge in [0.2, 0.25) is 0 Å². The summed E-state index contributed by atoms with van der Waals surface area (Å²) in [5.74, 6) is 0.00899. The van der Waals surface area contributed by atoms with Gasteiger partial charge in [-0.1, -0.05) is 71.9 Å². The minimum atomic E-state index is -0.340. The van der Waals surface area contributed by atoms with Crippen LogP contribution in [0.3, 0.4) is 0 Å². The number of nitrogens with one attached hydrogen (secondary N) is 1. The van der Waals surface area contributed by atoms with Crippen molar-refractivity contribution in [2.24, 2.45) is 5.41 Å². The van der Waals surface area contributed by atoms with E-state index in [1.54, 1.807) is 30.3 Å². The quantitative estimate of drug-likeness (QED) is 0.141. The molecule has 0 aliphatic carbocycles. The highest BCUT2D eigenvalue weighted by molar-refractivity contribution is 6.06. The van der Waals surface area contributed by atoms with Crippen molar-refractivity contribution in [3.63, 3.8) is 0 Å². The van der Waals surface area contributed by atoms with Crippen molar-refractivity contribution in [1.29, 1.82) is 0 Å². The predicted octanol–water partition coefficient (Wildman–Crippen LogP) is 5.13. The van der Waals surface area contributed by atoms with Crippen molar-refractivity contribution in [3.8, 4) is 5.75 Å². The molecule has 0 unspecified atom stereocenters. The summed E-state index contributed by atoms with van der Waals surface area (Å²) in [6.07, 6.45) is 8.25. The first-order chi connectivity index (χ1) is 19.1. The van der Waals surface area contributed by atoms with Gasteiger partial charge in [-0.05, 0) is 62.1 Å². The summed E-state index contributed by atoms with van der Waals surface area (Å²) in [4.78, 5) is 25.7. The fourth-order valence-corrected chi connectivity index (χ4v) is 4.69. The normalized spacial score (nSPS) is 11.5. The van der Waals surface area contributed by atoms with E-state index in [9.17, 15) is 9.59 Å². The number of nitrogens with zero attached hydrogens (tertiary/aromatic N) is 1. The highest BCUT2D eigenvalue weighted by atomic mass is 79.9. The lowest BCUT2D eigenvalue weighted by atomic mass is 9.91. The monoisotopic (exact) mass is 632 g/mol. The van der Waals surface area contributed by atoms with Gasteiger partial charge >= 0.3 is 5.97 Å². The molecule has 0 bridgehead atoms. The van der Waals surface area contributed by atoms with Crippen molar-refractivity contribution in [2.75, 3.05) is 44.7 Å². The Kier molecular flexibility index (Phi) is 16.9. The third kappa shape index (κ3) is 13.4. The molecular weight excluding hydrogens is 580 g/mol. The zero-order chi connectivity index (χ0) is 29.4. The Labute approximate surface area is 259 Å². The first-order valence-corrected chi connectivity index (χ1v) is 15.3. The molecule has 2 aromatic rings. The molecule has 0 radical (unpaired) electrons. The SMILES string of the molecule is CCCCCCCCOc1ccccc1C(=O)Nc1ccc(C(=O)OCC[N+](CC)(CC)CCC(C)(C)C)cc1.[Br-]. The number of carbonyl (C=O) groups is 2. The van der Waals surface area contributed by atoms with Gasteiger partial charge in [0, 0.05) is 12.1 Å². The van der Waals surface area contributed by atoms with Gasteiger partial charge < -0.3 is 36.3 Å². The van der Waals surface area contributed by atoms with Gasteiger partial charge in [0.05, 0.1) is 37.4 Å². The Bertz CT molecular complexity index is 1030. The number of para-hydroxylation sites is 1. The third-order valence-corrected chi connectivity index (χ3v) is 7.74. The number of benzene rings is 2. The van der Waals surface area contributed by atoms with E-state index in [-0.39, 0.29) is 34.3 Å². The molecule has 230 valence electrons. The summed E-state index contributed by atoms with van der Waals surface area (Å²) in [5, 5.41) is 2.92. The van der Waals surface area contributed by atoms with Crippen molar-refractivity contribution in [2.45, 2.75) is 86.5 Å². The van der Waals surface area contributed by atoms with Crippen molar-refractivity contribution < 1.29 is 40.5 Å². The number of quaternary nitrogens is 1. The molecule has 41 heavy (non-hydrogen) atoms. The minimum Gasteiger partial charge on any atom is -1.00 e. The molecule has 7 heteroatoms. The van der Waals surface area contributed by atoms with Gasteiger partial charge in [-0.2, -0.15) is 0 Å². The summed E-state index contributed by atoms with van der Waals surface area (Å²) in [7, 11) is 0. The Balaban J connectivity index is 0.00000840. The fraction of sp³-hybridized carbons (Fsp3) is 0.588. The lowest BCUT2D eigenvalue weighted by Gasteiger charge is -2.38. The number of esters is 1. The van der Waals surface area contributed by atoms with Crippen LogP contribution in [0.2, 0.25) is 0 Å². The maximum atomic E-state index is 13.0. The van der Waals surface area contributed by atoms with Crippen molar-refractivity contribution in [1.82, 2.24) is 0 Å². The van der Waals surface area contributed by atoms with Crippen LogP contribution in [0.25, 0.3) is 0 Å². The van der Waals surface area contributed by atoms with Crippen LogP contribution in [0.1, 0.15) is 107 Å². The molecular formula is C34H53BrN2O4. The molecule has 2 rings (SSSR count). The average molecular weight is 634 g/mol. The van der Waals surface area contributed by atoms with E-state index >= 15 is 0 Å². The Hall–Kier alpha value is -2.38. The molecule has 0 atom stereocenters. The van der Waals surface area contributed by atoms with Crippen molar-refractivity contribution in [3.05, 3.63) is 59.7 Å². The molecule has 0 spiro atoms. The van der Waals surface area contributed by atoms with E-state index in [0.717, 1.165) is 49.9 Å². The number of likely N-dealkylation sites (N-methyl/N-ethyl adjacent to an activating group) is 1. The number of halogens is 1. The van der Waals surface area contributed by atoms with E-state index in [2.05, 4.69) is 46.9 Å². The molecule has 0 aliphatic rings. The molecule has 0 saturated heterocycles. The molecule has 6 nitrogen and oxygen atoms in total. The molecule has 2 aromatic carbocycles. The second-order valence-corrected chi connectivity index (χ2v) is 12.0. The van der Waals surface area contributed by atoms with Gasteiger partial charge in [0.15, 0.2) is 0 Å². The van der Waals surface area contributed by atoms with Gasteiger partial charge in [0.25, 0.3) is 5.91 Å². The maximum absolute atomic E-state index is 13.0. The van der Waals surface area contributed by atoms with E-state index in [1.807, 2.05) is 18.2 Å². The van der Waals surface area contributed by atoms with E-state index in [4.69, 9.17) is 9.47 Å². The first-order valence-electron chi connectivity index (χ1n) is 15.3. The second kappa shape index (κ2) is 18.9. The van der Waals surface area contributed by atoms with Crippen LogP contribution in [0.5, 0.6) is 5.75 Å². The lowest BCUT2D eigenvalue weighted by Crippen LogP contribution is -3.00. The summed E-state index contributed by atoms with van der Waals surface area (Å²) >= 11 is 0. The van der Waals surface area contributed by atoms with E-state index < -0.39 is 0 Å². The maximum Gasteiger partial charge on any atom is 0.338 e. The average Bonchev–Trinajstić information content (AvgIpc) is 2.94. The smallest absolute Gasteiger partial charge is 0.338 e. The van der Waals surface area contributed by atoms with Gasteiger partial charge in [-0.3, -0.25) is 4.79 Å². The molecule has 1 N–H and O–H groups in total. The van der Waals surface area contributed by atoms with Gasteiger partial charge in [0.1, 0.15) is 18.9 Å². The Morgan fingerprint density at radius 1 is 0.805 bits per heavy atom. The standard InChI is InChI=1S/C34H52N2O4.BrH/c1-7-10-11-12-13-16-26-39-31-18-15-14-17-30(31)32(37)35-29-21-19-28(20-22-29)33(38)40-27-25-36(8-2,9-3)24-23-34(4,5)6;/h14-15,17-22H,7-13,16,23-27H2,1-6H3;1H. The fourth-order valence-electron chi connectivity index (χ4n) is 4.69. The molecule has 0 saturated carbocycles. The predicted molar refractivity (Wildman–Crippen MR) is 165 cm³/mol. The summed E-state index contributed by atoms with van der Waals surface area (Å²) in [5.41, 5.74) is 1.87. The largest absolute Gasteiger partial charge is 1.00 e. The molecule has 0 aliphatic heterocycles. The Morgan fingerprint density at radius 3 is 2.07 bits per heavy atom. The highest BCUT2D eigenvalue weighted by Crippen LogP contribution is 2.23. The number of amides is 1. The molecule has 0 aromatic heterocycles. The van der Waals surface area contributed by atoms with Crippen LogP contribution in [0, 0.1) is 5.41 Å². The minimum absolute atomic E-state index is 0. The van der Waals surface area contributed by atoms with Crippen LogP contribution in [-0.4, -0.2) is 55.8 Å². The second-order valence-electron chi connectivity index (χ2n) is 12.0. The Morgan fingerprint density at radius 2 is 1.44 bits per heavy atom. The number of ether oxygens (including phenoxy) is 2. The third-order valence-electron chi connectivity index (χ3n) is 7.74. The topological polar surface area (TPSA) is 64.6 Å². The number of hydrogen-bond donors (Lipinski definition) is 1. The van der Waals surface area contributed by atoms with Crippen LogP contribution in [0.15, 0.2) is 48.5 Å². The summed E-state index contributed by atoms with van der Waals surface area (Å²) in [6.45, 7) is 18.3. The van der Waals surface area contributed by atoms with Gasteiger partial charge in [-0.15, -0.1) is 0 Å². The van der Waals surface area contributed by atoms with Crippen LogP contribution in [-0.2, 0) is 4.74 Å². The van der Waals surface area contributed by atoms with Crippen LogP contribution in [0.4, 0.5) is 5.69 Å². The molecule has 0 heterocycles. The zero-order valence-electron chi connectivity index (χ0n) is 26.3. The van der Waals surface area contributed by atoms with E-state index in [0.29, 0.717) is 35.8 Å². The number of unbranched alkanes of at least 4 members (excludes halogenated alkanes) is 5. The number of carbonyl (C=O) groups excluding carboxylic acids is 2. The van der Waals surface area contributed by atoms with Crippen LogP contribution >= 0.6 is 0 Å². The lowest BCUT2D eigenvalue weighted by molar-refractivity contribution is -0.925. The van der Waals surface area contributed by atoms with Crippen molar-refractivity contribution >= 4 is 17.6 Å². The highest BCUT2D eigenvalue weighted by Gasteiger charge is 2.26. The van der Waals surface area contributed by atoms with Gasteiger partial charge in [-0.25, -0.2) is 4.79 Å². The number of rotatable bonds is 18. The first kappa shape index (κ1) is 36.6. The molecule has 1 amide bonds. The zero-order valence-corrected chi connectivity index (χ0v) is 27.9. The summed E-state index contributed by atoms with van der Waals surface area (Å²) in [6, 6.07) is 14.2. The number of anilines is 1. The van der Waals surface area contributed by atoms with Crippen LogP contribution < -0.4 is 27.0 Å². The molecule has 0 fully saturated rings. The van der Waals surface area contributed by atoms with E-state index in [1.165, 1.54) is 25.7 Å². The summed E-state index contributed by atoms with van der Waals surface area (Å²) < 4.78 is 12.5. The number of hydrogen-bond acceptors (Lipinski definition) is 4.